The number of ether oxygens (including phenoxy) is 1. The quantitative estimate of drug-likeness (QED) is 0.881. The van der Waals surface area contributed by atoms with Crippen LogP contribution >= 0.6 is 0 Å². The van der Waals surface area contributed by atoms with Gasteiger partial charge in [-0.3, -0.25) is 0 Å². The fourth-order valence-corrected chi connectivity index (χ4v) is 5.99. The third kappa shape index (κ3) is 1.84. The highest BCUT2D eigenvalue weighted by Gasteiger charge is 2.64. The molecule has 3 nitrogen and oxygen atoms in total. The van der Waals surface area contributed by atoms with Gasteiger partial charge in [-0.05, 0) is 74.2 Å². The molecule has 23 heavy (non-hydrogen) atoms. The van der Waals surface area contributed by atoms with Gasteiger partial charge < -0.3 is 15.2 Å². The van der Waals surface area contributed by atoms with Gasteiger partial charge in [0.05, 0.1) is 5.60 Å². The second-order valence-electron chi connectivity index (χ2n) is 8.41. The predicted molar refractivity (Wildman–Crippen MR) is 89.7 cm³/mol. The first-order chi connectivity index (χ1) is 11.1. The van der Waals surface area contributed by atoms with Gasteiger partial charge >= 0.3 is 0 Å². The zero-order valence-corrected chi connectivity index (χ0v) is 14.0. The van der Waals surface area contributed by atoms with Crippen molar-refractivity contribution in [3.05, 3.63) is 29.3 Å². The summed E-state index contributed by atoms with van der Waals surface area (Å²) < 4.78 is 6.51. The number of aromatic hydroxyl groups is 1. The molecule has 124 valence electrons. The van der Waals surface area contributed by atoms with Crippen molar-refractivity contribution < 1.29 is 9.84 Å². The number of nitrogens with one attached hydrogen (secondary N) is 1. The maximum Gasteiger partial charge on any atom is 0.115 e. The van der Waals surface area contributed by atoms with E-state index in [9.17, 15) is 5.11 Å². The second-order valence-corrected chi connectivity index (χ2v) is 8.41. The van der Waals surface area contributed by atoms with Crippen molar-refractivity contribution in [2.45, 2.75) is 62.5 Å². The van der Waals surface area contributed by atoms with Crippen LogP contribution in [0.15, 0.2) is 18.2 Å². The summed E-state index contributed by atoms with van der Waals surface area (Å²) in [6.45, 7) is 4.33. The Morgan fingerprint density at radius 1 is 1.35 bits per heavy atom. The minimum Gasteiger partial charge on any atom is -0.508 e. The lowest BCUT2D eigenvalue weighted by atomic mass is 9.48. The summed E-state index contributed by atoms with van der Waals surface area (Å²) in [5, 5.41) is 14.0. The zero-order chi connectivity index (χ0) is 15.7. The summed E-state index contributed by atoms with van der Waals surface area (Å²) in [5.74, 6) is 1.95. The van der Waals surface area contributed by atoms with E-state index in [1.165, 1.54) is 36.8 Å². The molecule has 2 aliphatic heterocycles. The van der Waals surface area contributed by atoms with Crippen LogP contribution in [0.1, 0.15) is 50.2 Å². The van der Waals surface area contributed by atoms with Crippen molar-refractivity contribution in [3.8, 4) is 5.75 Å². The molecule has 2 saturated heterocycles. The maximum atomic E-state index is 10.2. The minimum absolute atomic E-state index is 0.0794. The summed E-state index contributed by atoms with van der Waals surface area (Å²) in [7, 11) is 0. The highest BCUT2D eigenvalue weighted by molar-refractivity contribution is 5.48. The normalized spacial score (nSPS) is 42.0. The largest absolute Gasteiger partial charge is 0.508 e. The first-order valence-corrected chi connectivity index (χ1v) is 9.33. The Bertz CT molecular complexity index is 641. The fraction of sp³-hybridized carbons (Fsp3) is 0.700. The molecule has 2 unspecified atom stereocenters. The number of hydrogen-bond donors (Lipinski definition) is 2. The van der Waals surface area contributed by atoms with Crippen molar-refractivity contribution in [2.24, 2.45) is 11.8 Å². The molecule has 0 aromatic heterocycles. The topological polar surface area (TPSA) is 41.5 Å². The molecule has 2 heterocycles. The lowest BCUT2D eigenvalue weighted by Crippen LogP contribution is -2.75. The predicted octanol–water partition coefficient (Wildman–Crippen LogP) is 3.14. The van der Waals surface area contributed by atoms with Crippen LogP contribution in [-0.4, -0.2) is 29.9 Å². The molecule has 3 heteroatoms. The van der Waals surface area contributed by atoms with E-state index in [4.69, 9.17) is 4.74 Å². The van der Waals surface area contributed by atoms with Gasteiger partial charge in [0.2, 0.25) is 0 Å². The first-order valence-electron chi connectivity index (χ1n) is 9.33. The number of piperidine rings is 1. The van der Waals surface area contributed by atoms with Crippen molar-refractivity contribution in [3.63, 3.8) is 0 Å². The van der Waals surface area contributed by atoms with E-state index in [1.807, 2.05) is 6.07 Å². The summed E-state index contributed by atoms with van der Waals surface area (Å²) >= 11 is 0. The number of phenolic OH excluding ortho intramolecular Hbond substituents is 1. The van der Waals surface area contributed by atoms with E-state index in [-0.39, 0.29) is 11.0 Å². The highest BCUT2D eigenvalue weighted by atomic mass is 16.5. The van der Waals surface area contributed by atoms with Crippen LogP contribution in [0.4, 0.5) is 0 Å². The van der Waals surface area contributed by atoms with E-state index < -0.39 is 0 Å². The summed E-state index contributed by atoms with van der Waals surface area (Å²) in [6, 6.07) is 6.46. The van der Waals surface area contributed by atoms with Crippen LogP contribution in [0.2, 0.25) is 0 Å². The number of fused-ring (bicyclic) bond motifs is 1. The summed E-state index contributed by atoms with van der Waals surface area (Å²) in [4.78, 5) is 0. The second kappa shape index (κ2) is 4.73. The Morgan fingerprint density at radius 3 is 3.04 bits per heavy atom. The van der Waals surface area contributed by atoms with Crippen molar-refractivity contribution in [2.75, 3.05) is 13.2 Å². The van der Waals surface area contributed by atoms with Gasteiger partial charge in [0, 0.05) is 18.1 Å². The standard InChI is InChI=1S/C20H27NO2/c1-19-18-10-14-5-6-16(22)11-17(14)20(19,7-2-8-23-19)15(12-21-18)9-13-3-4-13/h5-6,11,13,15,18,21-22H,2-4,7-10,12H2,1H3/t15?,18-,19+,20?/m1/s1. The summed E-state index contributed by atoms with van der Waals surface area (Å²) in [5.41, 5.74) is 2.76. The number of hydrogen-bond acceptors (Lipinski definition) is 3. The van der Waals surface area contributed by atoms with E-state index in [0.29, 0.717) is 17.7 Å². The third-order valence-electron chi connectivity index (χ3n) is 7.29. The molecule has 0 amide bonds. The van der Waals surface area contributed by atoms with Gasteiger partial charge in [-0.25, -0.2) is 0 Å². The SMILES string of the molecule is C[C@@]12OCCCC13c1cc(O)ccc1C[C@H]2NCC3CC1CC1. The molecule has 4 atom stereocenters. The molecule has 2 aliphatic carbocycles. The van der Waals surface area contributed by atoms with Crippen LogP contribution in [-0.2, 0) is 16.6 Å². The van der Waals surface area contributed by atoms with Crippen LogP contribution in [0.25, 0.3) is 0 Å². The lowest BCUT2D eigenvalue weighted by molar-refractivity contribution is -0.185. The molecule has 5 rings (SSSR count). The summed E-state index contributed by atoms with van der Waals surface area (Å²) in [6.07, 6.45) is 7.48. The average molecular weight is 313 g/mol. The molecule has 0 spiro atoms. The monoisotopic (exact) mass is 313 g/mol. The first kappa shape index (κ1) is 14.3. The van der Waals surface area contributed by atoms with Crippen LogP contribution in [0.3, 0.4) is 0 Å². The van der Waals surface area contributed by atoms with E-state index in [1.54, 1.807) is 0 Å². The van der Waals surface area contributed by atoms with Crippen molar-refractivity contribution in [1.29, 1.82) is 0 Å². The maximum absolute atomic E-state index is 10.2. The average Bonchev–Trinajstić information content (AvgIpc) is 3.34. The minimum atomic E-state index is -0.135. The van der Waals surface area contributed by atoms with Crippen LogP contribution in [0.5, 0.6) is 5.75 Å². The lowest BCUT2D eigenvalue weighted by Gasteiger charge is -2.65. The molecular formula is C20H27NO2. The Kier molecular flexibility index (Phi) is 2.94. The number of rotatable bonds is 2. The van der Waals surface area contributed by atoms with E-state index in [0.717, 1.165) is 31.9 Å². The number of phenols is 1. The molecule has 1 aromatic rings. The number of benzene rings is 1. The molecule has 1 saturated carbocycles. The van der Waals surface area contributed by atoms with Gasteiger partial charge in [-0.1, -0.05) is 18.9 Å². The van der Waals surface area contributed by atoms with Gasteiger partial charge in [0.1, 0.15) is 5.75 Å². The third-order valence-corrected chi connectivity index (χ3v) is 7.29. The van der Waals surface area contributed by atoms with Gasteiger partial charge in [0.15, 0.2) is 0 Å². The van der Waals surface area contributed by atoms with E-state index in [2.05, 4.69) is 24.4 Å². The molecule has 4 aliphatic rings. The molecule has 2 bridgehead atoms. The molecule has 2 N–H and O–H groups in total. The molecule has 0 radical (unpaired) electrons. The Morgan fingerprint density at radius 2 is 2.22 bits per heavy atom. The van der Waals surface area contributed by atoms with E-state index >= 15 is 0 Å². The molecule has 1 aromatic carbocycles. The Balaban J connectivity index is 1.71. The van der Waals surface area contributed by atoms with Gasteiger partial charge in [-0.2, -0.15) is 0 Å². The smallest absolute Gasteiger partial charge is 0.115 e. The van der Waals surface area contributed by atoms with Crippen molar-refractivity contribution in [1.82, 2.24) is 5.32 Å². The fourth-order valence-electron chi connectivity index (χ4n) is 5.99. The van der Waals surface area contributed by atoms with Gasteiger partial charge in [0.25, 0.3) is 0 Å². The van der Waals surface area contributed by atoms with Gasteiger partial charge in [-0.15, -0.1) is 0 Å². The zero-order valence-electron chi connectivity index (χ0n) is 14.0. The Labute approximate surface area is 138 Å². The van der Waals surface area contributed by atoms with Crippen LogP contribution in [0, 0.1) is 11.8 Å². The Hall–Kier alpha value is -1.06. The molecular weight excluding hydrogens is 286 g/mol. The highest BCUT2D eigenvalue weighted by Crippen LogP contribution is 2.60. The van der Waals surface area contributed by atoms with Crippen molar-refractivity contribution >= 4 is 0 Å². The molecule has 3 fully saturated rings. The van der Waals surface area contributed by atoms with Crippen LogP contribution < -0.4 is 5.32 Å².